The third-order valence-electron chi connectivity index (χ3n) is 4.80. The number of benzene rings is 2. The number of imide groups is 1. The van der Waals surface area contributed by atoms with Crippen LogP contribution in [0.2, 0.25) is 0 Å². The molecule has 8 heteroatoms. The molecule has 140 valence electrons. The topological polar surface area (TPSA) is 73.9 Å². The molecule has 0 unspecified atom stereocenters. The van der Waals surface area contributed by atoms with Crippen LogP contribution < -0.4 is 10.7 Å². The van der Waals surface area contributed by atoms with Gasteiger partial charge in [-0.25, -0.2) is 0 Å². The largest absolute Gasteiger partial charge is 0.379 e. The lowest BCUT2D eigenvalue weighted by atomic mass is 9.95. The van der Waals surface area contributed by atoms with E-state index in [-0.39, 0.29) is 5.11 Å². The van der Waals surface area contributed by atoms with Gasteiger partial charge in [0.15, 0.2) is 5.11 Å². The van der Waals surface area contributed by atoms with Crippen LogP contribution in [0.3, 0.4) is 0 Å². The van der Waals surface area contributed by atoms with Crippen LogP contribution in [0.25, 0.3) is 10.8 Å². The summed E-state index contributed by atoms with van der Waals surface area (Å²) in [6, 6.07) is 10.9. The van der Waals surface area contributed by atoms with Gasteiger partial charge >= 0.3 is 0 Å². The van der Waals surface area contributed by atoms with E-state index in [9.17, 15) is 9.59 Å². The minimum absolute atomic E-state index is 0.247. The maximum Gasteiger partial charge on any atom is 0.280 e. The predicted molar refractivity (Wildman–Crippen MR) is 105 cm³/mol. The molecule has 2 aliphatic rings. The third kappa shape index (κ3) is 3.51. The molecule has 2 amide bonds. The second-order valence-electron chi connectivity index (χ2n) is 6.48. The Morgan fingerprint density at radius 1 is 1.04 bits per heavy atom. The summed E-state index contributed by atoms with van der Waals surface area (Å²) in [7, 11) is 0. The van der Waals surface area contributed by atoms with Crippen molar-refractivity contribution in [3.8, 4) is 0 Å². The predicted octanol–water partition coefficient (Wildman–Crippen LogP) is 1.15. The SMILES string of the molecule is O=C1c2cccc3cccc(c23)C(=O)N1NC(=S)NCCN1CCOCC1. The summed E-state index contributed by atoms with van der Waals surface area (Å²) in [6.07, 6.45) is 0. The number of hydrogen-bond donors (Lipinski definition) is 2. The van der Waals surface area contributed by atoms with E-state index in [1.54, 1.807) is 12.1 Å². The van der Waals surface area contributed by atoms with Gasteiger partial charge in [0.2, 0.25) is 0 Å². The summed E-state index contributed by atoms with van der Waals surface area (Å²) in [6.45, 7) is 4.70. The first-order valence-corrected chi connectivity index (χ1v) is 9.31. The van der Waals surface area contributed by atoms with Crippen LogP contribution in [0.4, 0.5) is 0 Å². The average molecular weight is 384 g/mol. The molecule has 1 fully saturated rings. The van der Waals surface area contributed by atoms with Gasteiger partial charge in [0.25, 0.3) is 11.8 Å². The molecule has 2 heterocycles. The van der Waals surface area contributed by atoms with Crippen molar-refractivity contribution in [2.75, 3.05) is 39.4 Å². The number of thiocarbonyl (C=S) groups is 1. The van der Waals surface area contributed by atoms with Crippen LogP contribution in [0.5, 0.6) is 0 Å². The number of nitrogens with one attached hydrogen (secondary N) is 2. The van der Waals surface area contributed by atoms with Gasteiger partial charge in [-0.3, -0.25) is 19.9 Å². The zero-order chi connectivity index (χ0) is 18.8. The highest BCUT2D eigenvalue weighted by Crippen LogP contribution is 2.29. The van der Waals surface area contributed by atoms with E-state index in [4.69, 9.17) is 17.0 Å². The average Bonchev–Trinajstić information content (AvgIpc) is 2.70. The molecular formula is C19H20N4O3S. The fraction of sp³-hybridized carbons (Fsp3) is 0.316. The zero-order valence-electron chi connectivity index (χ0n) is 14.7. The lowest BCUT2D eigenvalue weighted by Gasteiger charge is -2.29. The second-order valence-corrected chi connectivity index (χ2v) is 6.88. The maximum atomic E-state index is 12.8. The van der Waals surface area contributed by atoms with E-state index in [0.717, 1.165) is 43.2 Å². The second kappa shape index (κ2) is 7.59. The molecule has 27 heavy (non-hydrogen) atoms. The van der Waals surface area contributed by atoms with Gasteiger partial charge in [-0.15, -0.1) is 0 Å². The molecule has 2 aliphatic heterocycles. The van der Waals surface area contributed by atoms with Crippen molar-refractivity contribution in [1.82, 2.24) is 20.7 Å². The molecule has 7 nitrogen and oxygen atoms in total. The molecule has 0 atom stereocenters. The number of carbonyl (C=O) groups is 2. The van der Waals surface area contributed by atoms with Crippen LogP contribution in [-0.2, 0) is 4.74 Å². The standard InChI is InChI=1S/C19H20N4O3S/c24-17-14-5-1-3-13-4-2-6-15(16(13)14)18(25)23(17)21-19(27)20-7-8-22-9-11-26-12-10-22/h1-6H,7-12H2,(H2,20,21,27). The number of nitrogens with zero attached hydrogens (tertiary/aromatic N) is 2. The lowest BCUT2D eigenvalue weighted by molar-refractivity contribution is 0.0388. The number of hydrogen-bond acceptors (Lipinski definition) is 5. The van der Waals surface area contributed by atoms with Crippen molar-refractivity contribution in [3.63, 3.8) is 0 Å². The minimum atomic E-state index is -0.401. The fourth-order valence-electron chi connectivity index (χ4n) is 3.43. The molecule has 2 N–H and O–H groups in total. The van der Waals surface area contributed by atoms with Gasteiger partial charge < -0.3 is 10.1 Å². The molecular weight excluding hydrogens is 364 g/mol. The van der Waals surface area contributed by atoms with Gasteiger partial charge in [0, 0.05) is 31.6 Å². The van der Waals surface area contributed by atoms with Crippen molar-refractivity contribution in [2.24, 2.45) is 0 Å². The quantitative estimate of drug-likeness (QED) is 0.605. The molecule has 0 saturated carbocycles. The molecule has 0 aliphatic carbocycles. The number of hydrazine groups is 1. The molecule has 0 radical (unpaired) electrons. The molecule has 4 rings (SSSR count). The first-order valence-electron chi connectivity index (χ1n) is 8.90. The van der Waals surface area contributed by atoms with E-state index in [1.165, 1.54) is 0 Å². The van der Waals surface area contributed by atoms with Crippen LogP contribution in [0.1, 0.15) is 20.7 Å². The van der Waals surface area contributed by atoms with Crippen molar-refractivity contribution in [2.45, 2.75) is 0 Å². The summed E-state index contributed by atoms with van der Waals surface area (Å²) < 4.78 is 5.32. The maximum absolute atomic E-state index is 12.8. The fourth-order valence-corrected chi connectivity index (χ4v) is 3.62. The molecule has 2 aromatic carbocycles. The van der Waals surface area contributed by atoms with Crippen molar-refractivity contribution < 1.29 is 14.3 Å². The minimum Gasteiger partial charge on any atom is -0.379 e. The van der Waals surface area contributed by atoms with Crippen LogP contribution >= 0.6 is 12.2 Å². The number of amides is 2. The van der Waals surface area contributed by atoms with Crippen LogP contribution in [-0.4, -0.2) is 66.2 Å². The summed E-state index contributed by atoms with van der Waals surface area (Å²) in [5.74, 6) is -0.803. The van der Waals surface area contributed by atoms with Crippen LogP contribution in [0.15, 0.2) is 36.4 Å². The Kier molecular flexibility index (Phi) is 5.02. The summed E-state index contributed by atoms with van der Waals surface area (Å²) in [5.41, 5.74) is 3.74. The highest BCUT2D eigenvalue weighted by molar-refractivity contribution is 7.80. The normalized spacial score (nSPS) is 17.3. The Bertz CT molecular complexity index is 860. The zero-order valence-corrected chi connectivity index (χ0v) is 15.6. The Labute approximate surface area is 162 Å². The monoisotopic (exact) mass is 384 g/mol. The van der Waals surface area contributed by atoms with E-state index in [2.05, 4.69) is 15.6 Å². The molecule has 0 bridgehead atoms. The van der Waals surface area contributed by atoms with E-state index < -0.39 is 11.8 Å². The van der Waals surface area contributed by atoms with Crippen molar-refractivity contribution in [3.05, 3.63) is 47.5 Å². The number of ether oxygens (including phenoxy) is 1. The van der Waals surface area contributed by atoms with Gasteiger partial charge in [-0.2, -0.15) is 5.01 Å². The van der Waals surface area contributed by atoms with E-state index in [0.29, 0.717) is 23.1 Å². The number of morpholine rings is 1. The molecule has 2 aromatic rings. The summed E-state index contributed by atoms with van der Waals surface area (Å²) in [5, 5.41) is 5.86. The van der Waals surface area contributed by atoms with Crippen molar-refractivity contribution >= 4 is 39.9 Å². The highest BCUT2D eigenvalue weighted by atomic mass is 32.1. The van der Waals surface area contributed by atoms with E-state index >= 15 is 0 Å². The highest BCUT2D eigenvalue weighted by Gasteiger charge is 2.33. The van der Waals surface area contributed by atoms with Gasteiger partial charge in [-0.05, 0) is 29.7 Å². The van der Waals surface area contributed by atoms with Crippen LogP contribution in [0, 0.1) is 0 Å². The number of rotatable bonds is 4. The van der Waals surface area contributed by atoms with Gasteiger partial charge in [-0.1, -0.05) is 24.3 Å². The Morgan fingerprint density at radius 2 is 1.67 bits per heavy atom. The Morgan fingerprint density at radius 3 is 2.30 bits per heavy atom. The number of carbonyl (C=O) groups excluding carboxylic acids is 2. The first kappa shape index (κ1) is 17.8. The molecule has 1 saturated heterocycles. The first-order chi connectivity index (χ1) is 13.1. The van der Waals surface area contributed by atoms with Gasteiger partial charge in [0.1, 0.15) is 0 Å². The molecule has 0 aromatic heterocycles. The van der Waals surface area contributed by atoms with Crippen molar-refractivity contribution in [1.29, 1.82) is 0 Å². The Hall–Kier alpha value is -2.55. The summed E-state index contributed by atoms with van der Waals surface area (Å²) in [4.78, 5) is 27.9. The third-order valence-corrected chi connectivity index (χ3v) is 5.04. The Balaban J connectivity index is 1.43. The van der Waals surface area contributed by atoms with E-state index in [1.807, 2.05) is 24.3 Å². The van der Waals surface area contributed by atoms with Gasteiger partial charge in [0.05, 0.1) is 24.3 Å². The smallest absolute Gasteiger partial charge is 0.280 e. The lowest BCUT2D eigenvalue weighted by Crippen LogP contribution is -2.55. The molecule has 0 spiro atoms. The summed E-state index contributed by atoms with van der Waals surface area (Å²) >= 11 is 5.28.